The van der Waals surface area contributed by atoms with Gasteiger partial charge < -0.3 is 0 Å². The van der Waals surface area contributed by atoms with Crippen molar-refractivity contribution in [1.82, 2.24) is 0 Å². The summed E-state index contributed by atoms with van der Waals surface area (Å²) in [5, 5.41) is 0. The summed E-state index contributed by atoms with van der Waals surface area (Å²) in [5.41, 5.74) is 0. The van der Waals surface area contributed by atoms with E-state index in [-0.39, 0.29) is 4.84 Å². The second-order valence-electron chi connectivity index (χ2n) is 3.67. The summed E-state index contributed by atoms with van der Waals surface area (Å²) in [4.78, 5) is -0.106. The highest BCUT2D eigenvalue weighted by molar-refractivity contribution is 6.80. The van der Waals surface area contributed by atoms with Crippen LogP contribution in [0.25, 0.3) is 0 Å². The van der Waals surface area contributed by atoms with E-state index >= 15 is 0 Å². The van der Waals surface area contributed by atoms with Gasteiger partial charge in [0.05, 0.1) is 0 Å². The molecule has 1 fully saturated rings. The molecule has 0 amide bonds. The summed E-state index contributed by atoms with van der Waals surface area (Å²) < 4.78 is 0. The molecule has 1 aliphatic heterocycles. The second-order valence-corrected chi connectivity index (χ2v) is 9.98. The third kappa shape index (κ3) is 1.86. The van der Waals surface area contributed by atoms with E-state index in [1.54, 1.807) is 0 Å². The fourth-order valence-corrected chi connectivity index (χ4v) is 5.68. The van der Waals surface area contributed by atoms with Gasteiger partial charge in [0.25, 0.3) is 0 Å². The van der Waals surface area contributed by atoms with Gasteiger partial charge in [-0.15, -0.1) is 23.2 Å². The van der Waals surface area contributed by atoms with Crippen LogP contribution in [0.2, 0.25) is 25.2 Å². The molecular weight excluding hydrogens is 171 g/mol. The average molecular weight is 183 g/mol. The SMILES string of the molecule is C[Si]1(C)CC(C(Cl)Cl)C1. The van der Waals surface area contributed by atoms with Crippen LogP contribution in [0.4, 0.5) is 0 Å². The lowest BCUT2D eigenvalue weighted by molar-refractivity contribution is 0.612. The molecule has 0 saturated carbocycles. The Morgan fingerprint density at radius 1 is 1.33 bits per heavy atom. The van der Waals surface area contributed by atoms with Gasteiger partial charge in [-0.25, -0.2) is 0 Å². The first-order valence-corrected chi connectivity index (χ1v) is 7.58. The Hall–Kier alpha value is 0.797. The van der Waals surface area contributed by atoms with Crippen molar-refractivity contribution in [2.24, 2.45) is 5.92 Å². The van der Waals surface area contributed by atoms with Crippen LogP contribution in [0.15, 0.2) is 0 Å². The molecule has 0 unspecified atom stereocenters. The van der Waals surface area contributed by atoms with Crippen molar-refractivity contribution < 1.29 is 0 Å². The average Bonchev–Trinajstić information content (AvgIpc) is 1.59. The van der Waals surface area contributed by atoms with E-state index in [2.05, 4.69) is 13.1 Å². The molecule has 0 nitrogen and oxygen atoms in total. The number of rotatable bonds is 1. The lowest BCUT2D eigenvalue weighted by Gasteiger charge is -2.41. The van der Waals surface area contributed by atoms with Crippen molar-refractivity contribution in [3.05, 3.63) is 0 Å². The maximum absolute atomic E-state index is 5.69. The third-order valence-corrected chi connectivity index (χ3v) is 5.96. The fourth-order valence-electron chi connectivity index (χ4n) is 1.54. The van der Waals surface area contributed by atoms with Gasteiger partial charge in [0.1, 0.15) is 4.84 Å². The van der Waals surface area contributed by atoms with Gasteiger partial charge in [-0.3, -0.25) is 0 Å². The zero-order chi connectivity index (χ0) is 7.07. The molecule has 1 rings (SSSR count). The van der Waals surface area contributed by atoms with Gasteiger partial charge in [-0.05, 0) is 5.92 Å². The van der Waals surface area contributed by atoms with Crippen molar-refractivity contribution in [3.63, 3.8) is 0 Å². The smallest absolute Gasteiger partial charge is 0.105 e. The molecule has 1 heterocycles. The summed E-state index contributed by atoms with van der Waals surface area (Å²) in [6, 6.07) is 2.65. The molecule has 0 bridgehead atoms. The summed E-state index contributed by atoms with van der Waals surface area (Å²) in [6.45, 7) is 4.78. The molecule has 1 aliphatic rings. The van der Waals surface area contributed by atoms with Crippen LogP contribution in [0, 0.1) is 5.92 Å². The summed E-state index contributed by atoms with van der Waals surface area (Å²) in [6.07, 6.45) is 0. The first kappa shape index (κ1) is 7.90. The van der Waals surface area contributed by atoms with Crippen LogP contribution in [-0.4, -0.2) is 12.9 Å². The van der Waals surface area contributed by atoms with E-state index in [1.807, 2.05) is 0 Å². The van der Waals surface area contributed by atoms with E-state index in [0.29, 0.717) is 5.92 Å². The Labute approximate surface area is 67.5 Å². The van der Waals surface area contributed by atoms with Gasteiger partial charge in [-0.1, -0.05) is 25.2 Å². The lowest BCUT2D eigenvalue weighted by Crippen LogP contribution is -2.43. The second kappa shape index (κ2) is 2.44. The molecule has 0 aromatic rings. The van der Waals surface area contributed by atoms with Gasteiger partial charge in [-0.2, -0.15) is 0 Å². The van der Waals surface area contributed by atoms with E-state index in [4.69, 9.17) is 23.2 Å². The minimum absolute atomic E-state index is 0.106. The standard InChI is InChI=1S/C6H12Cl2Si/c1-9(2)3-5(4-9)6(7)8/h5-6H,3-4H2,1-2H3. The molecule has 0 aliphatic carbocycles. The first-order chi connectivity index (χ1) is 4.01. The van der Waals surface area contributed by atoms with E-state index in [0.717, 1.165) is 0 Å². The molecule has 0 N–H and O–H groups in total. The zero-order valence-electron chi connectivity index (χ0n) is 5.82. The summed E-state index contributed by atoms with van der Waals surface area (Å²) in [7, 11) is -0.745. The Morgan fingerprint density at radius 2 is 1.78 bits per heavy atom. The number of alkyl halides is 2. The molecule has 3 heteroatoms. The Kier molecular flexibility index (Phi) is 2.14. The maximum Gasteiger partial charge on any atom is 0.110 e. The van der Waals surface area contributed by atoms with E-state index < -0.39 is 8.07 Å². The minimum atomic E-state index is -0.745. The molecule has 0 spiro atoms. The molecule has 9 heavy (non-hydrogen) atoms. The molecule has 0 atom stereocenters. The molecule has 0 radical (unpaired) electrons. The Morgan fingerprint density at radius 3 is 1.89 bits per heavy atom. The van der Waals surface area contributed by atoms with Crippen LogP contribution in [0.3, 0.4) is 0 Å². The number of hydrogen-bond donors (Lipinski definition) is 0. The number of hydrogen-bond acceptors (Lipinski definition) is 0. The van der Waals surface area contributed by atoms with Gasteiger partial charge >= 0.3 is 0 Å². The van der Waals surface area contributed by atoms with Crippen molar-refractivity contribution in [3.8, 4) is 0 Å². The van der Waals surface area contributed by atoms with Crippen molar-refractivity contribution >= 4 is 31.3 Å². The highest BCUT2D eigenvalue weighted by atomic mass is 35.5. The molecule has 0 aromatic heterocycles. The quantitative estimate of drug-likeness (QED) is 0.432. The predicted molar refractivity (Wildman–Crippen MR) is 46.1 cm³/mol. The Balaban J connectivity index is 2.27. The van der Waals surface area contributed by atoms with Crippen LogP contribution in [0.5, 0.6) is 0 Å². The summed E-state index contributed by atoms with van der Waals surface area (Å²) in [5.74, 6) is 0.620. The van der Waals surface area contributed by atoms with Crippen LogP contribution < -0.4 is 0 Å². The topological polar surface area (TPSA) is 0 Å². The summed E-state index contributed by atoms with van der Waals surface area (Å²) >= 11 is 11.4. The van der Waals surface area contributed by atoms with Crippen molar-refractivity contribution in [1.29, 1.82) is 0 Å². The largest absolute Gasteiger partial charge is 0.110 e. The maximum atomic E-state index is 5.69. The van der Waals surface area contributed by atoms with Crippen LogP contribution in [-0.2, 0) is 0 Å². The highest BCUT2D eigenvalue weighted by Gasteiger charge is 2.40. The predicted octanol–water partition coefficient (Wildman–Crippen LogP) is 3.13. The molecule has 1 saturated heterocycles. The van der Waals surface area contributed by atoms with Crippen LogP contribution >= 0.6 is 23.2 Å². The van der Waals surface area contributed by atoms with Gasteiger partial charge in [0, 0.05) is 8.07 Å². The van der Waals surface area contributed by atoms with Crippen molar-refractivity contribution in [2.75, 3.05) is 0 Å². The Bertz CT molecular complexity index is 104. The molecule has 54 valence electrons. The van der Waals surface area contributed by atoms with E-state index in [9.17, 15) is 0 Å². The number of halogens is 2. The minimum Gasteiger partial charge on any atom is -0.105 e. The van der Waals surface area contributed by atoms with Gasteiger partial charge in [0.2, 0.25) is 0 Å². The van der Waals surface area contributed by atoms with Crippen molar-refractivity contribution in [2.45, 2.75) is 30.0 Å². The zero-order valence-corrected chi connectivity index (χ0v) is 8.34. The van der Waals surface area contributed by atoms with Crippen LogP contribution in [0.1, 0.15) is 0 Å². The normalized spacial score (nSPS) is 26.3. The third-order valence-electron chi connectivity index (χ3n) is 1.99. The molecular formula is C6H12Cl2Si. The monoisotopic (exact) mass is 182 g/mol. The highest BCUT2D eigenvalue weighted by Crippen LogP contribution is 2.42. The first-order valence-electron chi connectivity index (χ1n) is 3.29. The fraction of sp³-hybridized carbons (Fsp3) is 1.00. The molecule has 0 aromatic carbocycles. The lowest BCUT2D eigenvalue weighted by atomic mass is 10.2. The van der Waals surface area contributed by atoms with E-state index in [1.165, 1.54) is 12.1 Å². The van der Waals surface area contributed by atoms with Gasteiger partial charge in [0.15, 0.2) is 0 Å².